The highest BCUT2D eigenvalue weighted by atomic mass is 79.9. The highest BCUT2D eigenvalue weighted by Crippen LogP contribution is 2.26. The molecule has 1 unspecified atom stereocenters. The Labute approximate surface area is 220 Å². The van der Waals surface area contributed by atoms with Crippen LogP contribution in [0.25, 0.3) is 0 Å². The zero-order valence-corrected chi connectivity index (χ0v) is 22.9. The minimum atomic E-state index is -3.97. The molecule has 0 bridgehead atoms. The van der Waals surface area contributed by atoms with Crippen LogP contribution in [-0.2, 0) is 21.4 Å². The number of carbonyl (C=O) groups is 1. The van der Waals surface area contributed by atoms with E-state index in [9.17, 15) is 13.2 Å². The van der Waals surface area contributed by atoms with Gasteiger partial charge in [0.1, 0.15) is 0 Å². The molecule has 1 atom stereocenters. The molecule has 0 aliphatic rings. The van der Waals surface area contributed by atoms with Crippen molar-refractivity contribution in [2.45, 2.75) is 24.4 Å². The molecule has 3 aromatic carbocycles. The van der Waals surface area contributed by atoms with Crippen LogP contribution in [0, 0.1) is 0 Å². The molecular formula is C23H20Br2Cl2N2O3S. The van der Waals surface area contributed by atoms with Gasteiger partial charge >= 0.3 is 0 Å². The number of nitrogens with zero attached hydrogens (tertiary/aromatic N) is 1. The summed E-state index contributed by atoms with van der Waals surface area (Å²) >= 11 is 18.8. The number of benzene rings is 3. The fourth-order valence-electron chi connectivity index (χ4n) is 3.11. The van der Waals surface area contributed by atoms with Gasteiger partial charge in [0.15, 0.2) is 0 Å². The Morgan fingerprint density at radius 3 is 2.09 bits per heavy atom. The van der Waals surface area contributed by atoms with Crippen molar-refractivity contribution in [2.75, 3.05) is 6.54 Å². The molecule has 10 heteroatoms. The van der Waals surface area contributed by atoms with E-state index < -0.39 is 15.9 Å². The second-order valence-electron chi connectivity index (χ2n) is 7.32. The maximum absolute atomic E-state index is 13.4. The molecule has 0 aromatic heterocycles. The summed E-state index contributed by atoms with van der Waals surface area (Å²) in [4.78, 5) is 12.9. The lowest BCUT2D eigenvalue weighted by Gasteiger charge is -2.23. The first-order valence-electron chi connectivity index (χ1n) is 9.81. The van der Waals surface area contributed by atoms with Crippen LogP contribution in [0.2, 0.25) is 10.0 Å². The highest BCUT2D eigenvalue weighted by molar-refractivity contribution is 9.10. The number of rotatable bonds is 8. The van der Waals surface area contributed by atoms with Crippen molar-refractivity contribution in [3.8, 4) is 0 Å². The third-order valence-electron chi connectivity index (χ3n) is 4.86. The topological polar surface area (TPSA) is 66.5 Å². The van der Waals surface area contributed by atoms with Crippen LogP contribution in [0.5, 0.6) is 0 Å². The van der Waals surface area contributed by atoms with Gasteiger partial charge in [0.2, 0.25) is 15.9 Å². The van der Waals surface area contributed by atoms with Gasteiger partial charge in [-0.15, -0.1) is 0 Å². The van der Waals surface area contributed by atoms with E-state index in [1.54, 1.807) is 30.3 Å². The Morgan fingerprint density at radius 2 is 1.52 bits per heavy atom. The van der Waals surface area contributed by atoms with E-state index in [0.29, 0.717) is 15.6 Å². The SMILES string of the molecule is CC(NC(=O)CN(Cc1ccc(Cl)c(Cl)c1)S(=O)(=O)c1ccc(Br)cc1)c1ccc(Br)cc1. The quantitative estimate of drug-likeness (QED) is 0.304. The lowest BCUT2D eigenvalue weighted by molar-refractivity contribution is -0.122. The standard InChI is InChI=1S/C23H20Br2Cl2N2O3S/c1-15(17-3-5-18(24)6-4-17)28-23(30)14-29(13-16-2-11-21(26)22(27)12-16)33(31,32)20-9-7-19(25)8-10-20/h2-12,15H,13-14H2,1H3,(H,28,30). The van der Waals surface area contributed by atoms with Gasteiger partial charge in [-0.1, -0.05) is 73.3 Å². The summed E-state index contributed by atoms with van der Waals surface area (Å²) < 4.78 is 29.6. The van der Waals surface area contributed by atoms with Crippen molar-refractivity contribution in [1.82, 2.24) is 9.62 Å². The molecule has 0 aliphatic carbocycles. The Balaban J connectivity index is 1.85. The van der Waals surface area contributed by atoms with Crippen molar-refractivity contribution < 1.29 is 13.2 Å². The first-order chi connectivity index (χ1) is 15.6. The predicted octanol–water partition coefficient (Wildman–Crippen LogP) is 6.59. The number of carbonyl (C=O) groups excluding carboxylic acids is 1. The average molecular weight is 635 g/mol. The van der Waals surface area contributed by atoms with Gasteiger partial charge in [-0.2, -0.15) is 4.31 Å². The van der Waals surface area contributed by atoms with Gasteiger partial charge in [-0.3, -0.25) is 4.79 Å². The monoisotopic (exact) mass is 632 g/mol. The lowest BCUT2D eigenvalue weighted by atomic mass is 10.1. The van der Waals surface area contributed by atoms with Gasteiger partial charge in [-0.05, 0) is 66.6 Å². The van der Waals surface area contributed by atoms with Gasteiger partial charge in [0.25, 0.3) is 0 Å². The van der Waals surface area contributed by atoms with E-state index in [2.05, 4.69) is 37.2 Å². The number of hydrogen-bond acceptors (Lipinski definition) is 3. The van der Waals surface area contributed by atoms with Crippen molar-refractivity contribution >= 4 is 71.0 Å². The number of sulfonamides is 1. The molecule has 0 spiro atoms. The summed E-state index contributed by atoms with van der Waals surface area (Å²) in [7, 11) is -3.97. The molecule has 3 aromatic rings. The number of amides is 1. The van der Waals surface area contributed by atoms with Crippen LogP contribution in [0.1, 0.15) is 24.1 Å². The first-order valence-corrected chi connectivity index (χ1v) is 13.6. The normalized spacial score (nSPS) is 12.5. The summed E-state index contributed by atoms with van der Waals surface area (Å²) in [6.07, 6.45) is 0. The molecule has 3 rings (SSSR count). The molecule has 0 radical (unpaired) electrons. The number of hydrogen-bond donors (Lipinski definition) is 1. The zero-order chi connectivity index (χ0) is 24.2. The van der Waals surface area contributed by atoms with Crippen LogP contribution in [0.15, 0.2) is 80.6 Å². The second kappa shape index (κ2) is 11.3. The number of nitrogens with one attached hydrogen (secondary N) is 1. The summed E-state index contributed by atoms with van der Waals surface area (Å²) in [5, 5.41) is 3.54. The molecule has 0 heterocycles. The summed E-state index contributed by atoms with van der Waals surface area (Å²) in [5.74, 6) is -0.425. The van der Waals surface area contributed by atoms with Gasteiger partial charge < -0.3 is 5.32 Å². The summed E-state index contributed by atoms with van der Waals surface area (Å²) in [6, 6.07) is 18.4. The summed E-state index contributed by atoms with van der Waals surface area (Å²) in [5.41, 5.74) is 1.51. The second-order valence-corrected chi connectivity index (χ2v) is 11.9. The predicted molar refractivity (Wildman–Crippen MR) is 139 cm³/mol. The Kier molecular flexibility index (Phi) is 9.00. The third kappa shape index (κ3) is 7.04. The molecule has 33 heavy (non-hydrogen) atoms. The van der Waals surface area contributed by atoms with E-state index in [-0.39, 0.29) is 24.0 Å². The summed E-state index contributed by atoms with van der Waals surface area (Å²) in [6.45, 7) is 1.43. The van der Waals surface area contributed by atoms with Crippen LogP contribution < -0.4 is 5.32 Å². The maximum atomic E-state index is 13.4. The van der Waals surface area contributed by atoms with Gasteiger partial charge in [0, 0.05) is 15.5 Å². The lowest BCUT2D eigenvalue weighted by Crippen LogP contribution is -2.41. The maximum Gasteiger partial charge on any atom is 0.243 e. The van der Waals surface area contributed by atoms with Crippen LogP contribution >= 0.6 is 55.1 Å². The zero-order valence-electron chi connectivity index (χ0n) is 17.4. The van der Waals surface area contributed by atoms with Crippen LogP contribution in [-0.4, -0.2) is 25.2 Å². The Hall–Kier alpha value is -1.42. The molecule has 174 valence electrons. The van der Waals surface area contributed by atoms with E-state index in [0.717, 1.165) is 18.8 Å². The van der Waals surface area contributed by atoms with Crippen LogP contribution in [0.3, 0.4) is 0 Å². The van der Waals surface area contributed by atoms with Gasteiger partial charge in [0.05, 0.1) is 27.5 Å². The molecule has 0 saturated carbocycles. The van der Waals surface area contributed by atoms with E-state index in [1.807, 2.05) is 31.2 Å². The molecule has 5 nitrogen and oxygen atoms in total. The molecule has 0 aliphatic heterocycles. The molecule has 0 saturated heterocycles. The van der Waals surface area contributed by atoms with Crippen LogP contribution in [0.4, 0.5) is 0 Å². The molecule has 1 N–H and O–H groups in total. The molecule has 0 fully saturated rings. The Morgan fingerprint density at radius 1 is 0.939 bits per heavy atom. The Bertz CT molecular complexity index is 1240. The van der Waals surface area contributed by atoms with E-state index in [1.165, 1.54) is 12.1 Å². The van der Waals surface area contributed by atoms with Gasteiger partial charge in [-0.25, -0.2) is 8.42 Å². The highest BCUT2D eigenvalue weighted by Gasteiger charge is 2.27. The van der Waals surface area contributed by atoms with E-state index >= 15 is 0 Å². The first kappa shape index (κ1) is 26.2. The van der Waals surface area contributed by atoms with Crippen molar-refractivity contribution in [1.29, 1.82) is 0 Å². The van der Waals surface area contributed by atoms with Crippen molar-refractivity contribution in [3.05, 3.63) is 96.8 Å². The largest absolute Gasteiger partial charge is 0.348 e. The fourth-order valence-corrected chi connectivity index (χ4v) is 5.34. The third-order valence-corrected chi connectivity index (χ3v) is 8.46. The molecule has 1 amide bonds. The minimum Gasteiger partial charge on any atom is -0.348 e. The van der Waals surface area contributed by atoms with E-state index in [4.69, 9.17) is 23.2 Å². The smallest absolute Gasteiger partial charge is 0.243 e. The van der Waals surface area contributed by atoms with Crippen molar-refractivity contribution in [2.24, 2.45) is 0 Å². The number of halogens is 4. The molecular weight excluding hydrogens is 615 g/mol. The fraction of sp³-hybridized carbons (Fsp3) is 0.174. The minimum absolute atomic E-state index is 0.0463. The average Bonchev–Trinajstić information content (AvgIpc) is 2.76. The van der Waals surface area contributed by atoms with Crippen molar-refractivity contribution in [3.63, 3.8) is 0 Å².